The van der Waals surface area contributed by atoms with E-state index in [-0.39, 0.29) is 23.5 Å². The van der Waals surface area contributed by atoms with Gasteiger partial charge in [-0.05, 0) is 19.8 Å². The molecule has 0 atom stereocenters. The summed E-state index contributed by atoms with van der Waals surface area (Å²) in [5.41, 5.74) is 0.152. The molecule has 0 saturated heterocycles. The van der Waals surface area contributed by atoms with Crippen LogP contribution in [0.2, 0.25) is 0 Å². The number of esters is 1. The predicted octanol–water partition coefficient (Wildman–Crippen LogP) is 2.58. The first kappa shape index (κ1) is 15.4. The maximum absolute atomic E-state index is 11.5. The van der Waals surface area contributed by atoms with Crippen LogP contribution in [0.25, 0.3) is 0 Å². The molecule has 0 aliphatic carbocycles. The van der Waals surface area contributed by atoms with Crippen LogP contribution in [0.5, 0.6) is 0 Å². The summed E-state index contributed by atoms with van der Waals surface area (Å²) in [6, 6.07) is 0. The van der Waals surface area contributed by atoms with E-state index in [1.807, 2.05) is 6.92 Å². The molecule has 94 valence electrons. The van der Waals surface area contributed by atoms with Gasteiger partial charge in [0, 0.05) is 10.7 Å². The molecule has 0 N–H and O–H groups in total. The monoisotopic (exact) mass is 268 g/mol. The van der Waals surface area contributed by atoms with Crippen LogP contribution in [0.3, 0.4) is 0 Å². The van der Waals surface area contributed by atoms with E-state index in [2.05, 4.69) is 0 Å². The van der Waals surface area contributed by atoms with Crippen molar-refractivity contribution in [1.82, 2.24) is 0 Å². The lowest BCUT2D eigenvalue weighted by atomic mass is 10.1. The quantitative estimate of drug-likeness (QED) is 0.422. The first-order valence-electron chi connectivity index (χ1n) is 5.22. The third kappa shape index (κ3) is 4.53. The molecule has 0 spiro atoms. The number of hydrogen-bond acceptors (Lipinski definition) is 4. The Kier molecular flexibility index (Phi) is 6.67. The number of allylic oxidation sites excluding steroid dienone is 1. The molecule has 0 fully saturated rings. The van der Waals surface area contributed by atoms with Gasteiger partial charge in [-0.2, -0.15) is 0 Å². The third-order valence-electron chi connectivity index (χ3n) is 1.98. The number of rotatable bonds is 6. The highest BCUT2D eigenvalue weighted by Crippen LogP contribution is 2.24. The van der Waals surface area contributed by atoms with E-state index in [1.165, 1.54) is 0 Å². The number of halogens is 1. The van der Waals surface area contributed by atoms with Crippen LogP contribution in [-0.2, 0) is 18.6 Å². The molecule has 0 amide bonds. The lowest BCUT2D eigenvalue weighted by Crippen LogP contribution is -2.12. The van der Waals surface area contributed by atoms with Crippen LogP contribution < -0.4 is 0 Å². The Balaban J connectivity index is 5.42. The number of carbonyl (C=O) groups excluding carboxylic acids is 1. The highest BCUT2D eigenvalue weighted by Gasteiger charge is 2.23. The largest absolute Gasteiger partial charge is 0.463 e. The van der Waals surface area contributed by atoms with Crippen molar-refractivity contribution in [3.8, 4) is 0 Å². The Morgan fingerprint density at radius 1 is 1.25 bits per heavy atom. The molecule has 0 unspecified atom stereocenters. The SMILES string of the molecule is CCC/C(=C(\CC)C(=O)OCC)S(=O)(=O)Cl. The summed E-state index contributed by atoms with van der Waals surface area (Å²) >= 11 is 0. The van der Waals surface area contributed by atoms with Crippen molar-refractivity contribution in [1.29, 1.82) is 0 Å². The van der Waals surface area contributed by atoms with Gasteiger partial charge in [-0.1, -0.05) is 20.3 Å². The summed E-state index contributed by atoms with van der Waals surface area (Å²) in [4.78, 5) is 11.5. The summed E-state index contributed by atoms with van der Waals surface area (Å²) in [5.74, 6) is -0.599. The Morgan fingerprint density at radius 2 is 1.81 bits per heavy atom. The zero-order chi connectivity index (χ0) is 12.8. The zero-order valence-electron chi connectivity index (χ0n) is 9.75. The molecule has 0 aliphatic rings. The Hall–Kier alpha value is -0.550. The highest BCUT2D eigenvalue weighted by atomic mass is 35.7. The fourth-order valence-corrected chi connectivity index (χ4v) is 2.80. The van der Waals surface area contributed by atoms with E-state index in [9.17, 15) is 13.2 Å². The van der Waals surface area contributed by atoms with E-state index in [4.69, 9.17) is 15.4 Å². The van der Waals surface area contributed by atoms with Gasteiger partial charge in [0.2, 0.25) is 0 Å². The van der Waals surface area contributed by atoms with Crippen molar-refractivity contribution in [2.24, 2.45) is 0 Å². The Labute approximate surface area is 101 Å². The van der Waals surface area contributed by atoms with Crippen LogP contribution in [0.4, 0.5) is 0 Å². The molecular weight excluding hydrogens is 252 g/mol. The van der Waals surface area contributed by atoms with Crippen LogP contribution in [0.1, 0.15) is 40.0 Å². The average molecular weight is 269 g/mol. The van der Waals surface area contributed by atoms with Gasteiger partial charge >= 0.3 is 5.97 Å². The van der Waals surface area contributed by atoms with Crippen molar-refractivity contribution in [3.05, 3.63) is 10.5 Å². The third-order valence-corrected chi connectivity index (χ3v) is 3.58. The van der Waals surface area contributed by atoms with Gasteiger partial charge in [0.25, 0.3) is 9.05 Å². The first-order chi connectivity index (χ1) is 7.38. The summed E-state index contributed by atoms with van der Waals surface area (Å²) in [6.07, 6.45) is 1.15. The van der Waals surface area contributed by atoms with Gasteiger partial charge in [0.05, 0.1) is 17.1 Å². The second-order valence-electron chi connectivity index (χ2n) is 3.16. The van der Waals surface area contributed by atoms with Crippen molar-refractivity contribution in [2.45, 2.75) is 40.0 Å². The molecule has 6 heteroatoms. The minimum Gasteiger partial charge on any atom is -0.463 e. The Morgan fingerprint density at radius 3 is 2.12 bits per heavy atom. The number of carbonyl (C=O) groups is 1. The highest BCUT2D eigenvalue weighted by molar-refractivity contribution is 8.16. The molecule has 0 aromatic heterocycles. The predicted molar refractivity (Wildman–Crippen MR) is 63.6 cm³/mol. The smallest absolute Gasteiger partial charge is 0.335 e. The number of hydrogen-bond donors (Lipinski definition) is 0. The number of ether oxygens (including phenoxy) is 1. The van der Waals surface area contributed by atoms with E-state index in [0.717, 1.165) is 0 Å². The molecule has 0 aromatic carbocycles. The molecule has 0 radical (unpaired) electrons. The van der Waals surface area contributed by atoms with E-state index >= 15 is 0 Å². The average Bonchev–Trinajstić information content (AvgIpc) is 2.16. The zero-order valence-corrected chi connectivity index (χ0v) is 11.3. The molecule has 4 nitrogen and oxygen atoms in total. The van der Waals surface area contributed by atoms with Gasteiger partial charge in [-0.3, -0.25) is 0 Å². The molecule has 0 heterocycles. The second-order valence-corrected chi connectivity index (χ2v) is 5.75. The summed E-state index contributed by atoms with van der Waals surface area (Å²) in [7, 11) is 1.45. The van der Waals surface area contributed by atoms with E-state index < -0.39 is 15.0 Å². The molecule has 0 bridgehead atoms. The minimum absolute atomic E-state index is 0.0161. The van der Waals surface area contributed by atoms with Crippen molar-refractivity contribution in [2.75, 3.05) is 6.61 Å². The first-order valence-corrected chi connectivity index (χ1v) is 7.53. The van der Waals surface area contributed by atoms with Crippen LogP contribution in [-0.4, -0.2) is 21.0 Å². The maximum atomic E-state index is 11.5. The second kappa shape index (κ2) is 6.91. The fraction of sp³-hybridized carbons (Fsp3) is 0.700. The van der Waals surface area contributed by atoms with Crippen LogP contribution in [0.15, 0.2) is 10.5 Å². The minimum atomic E-state index is -3.85. The van der Waals surface area contributed by atoms with Gasteiger partial charge < -0.3 is 4.74 Å². The van der Waals surface area contributed by atoms with E-state index in [0.29, 0.717) is 12.8 Å². The lowest BCUT2D eigenvalue weighted by molar-refractivity contribution is -0.138. The summed E-state index contributed by atoms with van der Waals surface area (Å²) < 4.78 is 27.5. The van der Waals surface area contributed by atoms with E-state index in [1.54, 1.807) is 13.8 Å². The normalized spacial score (nSPS) is 13.2. The molecule has 0 aromatic rings. The van der Waals surface area contributed by atoms with Gasteiger partial charge in [0.15, 0.2) is 0 Å². The molecule has 0 aliphatic heterocycles. The fourth-order valence-electron chi connectivity index (χ4n) is 1.32. The Bertz CT molecular complexity index is 370. The maximum Gasteiger partial charge on any atom is 0.335 e. The molecule has 0 saturated carbocycles. The molecule has 0 rings (SSSR count). The lowest BCUT2D eigenvalue weighted by Gasteiger charge is -2.09. The summed E-state index contributed by atoms with van der Waals surface area (Å²) in [5, 5.41) is 0. The van der Waals surface area contributed by atoms with Crippen molar-refractivity contribution < 1.29 is 17.9 Å². The van der Waals surface area contributed by atoms with Gasteiger partial charge in [-0.15, -0.1) is 0 Å². The van der Waals surface area contributed by atoms with Crippen molar-refractivity contribution >= 4 is 25.7 Å². The standard InChI is InChI=1S/C10H17ClO4S/c1-4-7-9(16(11,13)14)8(5-2)10(12)15-6-3/h4-7H2,1-3H3/b9-8-. The molecular formula is C10H17ClO4S. The van der Waals surface area contributed by atoms with Gasteiger partial charge in [-0.25, -0.2) is 13.2 Å². The van der Waals surface area contributed by atoms with Crippen molar-refractivity contribution in [3.63, 3.8) is 0 Å². The molecule has 16 heavy (non-hydrogen) atoms. The van der Waals surface area contributed by atoms with Crippen LogP contribution >= 0.6 is 10.7 Å². The van der Waals surface area contributed by atoms with Gasteiger partial charge in [0.1, 0.15) is 0 Å². The summed E-state index contributed by atoms with van der Waals surface area (Å²) in [6.45, 7) is 5.40. The topological polar surface area (TPSA) is 60.4 Å². The van der Waals surface area contributed by atoms with Crippen LogP contribution in [0, 0.1) is 0 Å².